The number of phenols is 1. The fourth-order valence-electron chi connectivity index (χ4n) is 16.1. The van der Waals surface area contributed by atoms with E-state index in [-0.39, 0.29) is 16.2 Å². The monoisotopic (exact) mass is 1480 g/mol. The minimum Gasteiger partial charge on any atom is -0.508 e. The summed E-state index contributed by atoms with van der Waals surface area (Å²) in [6, 6.07) is 20.8. The van der Waals surface area contributed by atoms with Crippen LogP contribution in [0.3, 0.4) is 0 Å². The fraction of sp³-hybridized carbons (Fsp3) is 0.719. The molecule has 0 spiro atoms. The Balaban J connectivity index is 0.000000171. The van der Waals surface area contributed by atoms with E-state index in [0.29, 0.717) is 54.7 Å². The molecular weight excluding hydrogens is 1380 g/mol. The van der Waals surface area contributed by atoms with Crippen molar-refractivity contribution >= 4 is 85.0 Å². The number of ether oxygens (including phenoxy) is 2. The van der Waals surface area contributed by atoms with E-state index in [4.69, 9.17) is 15.2 Å². The second-order valence-corrected chi connectivity index (χ2v) is 32.9. The van der Waals surface area contributed by atoms with Crippen molar-refractivity contribution in [1.29, 1.82) is 0 Å². The number of fused-ring (bicyclic) bond motifs is 12. The van der Waals surface area contributed by atoms with Crippen LogP contribution in [0.2, 0.25) is 0 Å². The van der Waals surface area contributed by atoms with Gasteiger partial charge in [-0.15, -0.1) is 0 Å². The summed E-state index contributed by atoms with van der Waals surface area (Å²) in [4.78, 5) is 12.1. The Morgan fingerprint density at radius 3 is 1.15 bits per heavy atom. The van der Waals surface area contributed by atoms with Gasteiger partial charge in [0.15, 0.2) is 0 Å². The molecule has 9 atom stereocenters. The summed E-state index contributed by atoms with van der Waals surface area (Å²) in [6.45, 7) is 16.1. The van der Waals surface area contributed by atoms with Gasteiger partial charge in [0.2, 0.25) is 29.1 Å². The summed E-state index contributed by atoms with van der Waals surface area (Å²) >= 11 is 4.30. The van der Waals surface area contributed by atoms with Crippen molar-refractivity contribution in [2.24, 2.45) is 41.2 Å². The lowest BCUT2D eigenvalue weighted by Crippen LogP contribution is -2.60. The number of halogens is 3. The van der Waals surface area contributed by atoms with Crippen LogP contribution in [0.4, 0.5) is 0 Å². The number of piperidine rings is 3. The Labute approximate surface area is 544 Å². The molecule has 3 saturated heterocycles. The number of hydrogen-bond donors (Lipinski definition) is 4. The van der Waals surface area contributed by atoms with Crippen molar-refractivity contribution in [3.8, 4) is 17.2 Å². The summed E-state index contributed by atoms with van der Waals surface area (Å²) in [5.41, 5.74) is 14.7. The van der Waals surface area contributed by atoms with Gasteiger partial charge in [0, 0.05) is 77.8 Å². The van der Waals surface area contributed by atoms with Gasteiger partial charge in [-0.3, -0.25) is 14.7 Å². The SMILES string of the molecule is CI.CI.COc1ccc2c(c1)[C@@]1(CCN)CCN(CC3CC3)[C@H](C2)[C@@H]1C.COc1ccc2c(c1)[C@@]1(CCNS(C)(=O)=O)CCN(CC3CC3)[C@H](C2)[C@@H]1C.CS(=O)(=O)Cl.C[C@H]1[C@H]2Cc3ccc(O)cc3[C@@]1(CCNS(C)(=O)=O)CCN2CC1CC1. The summed E-state index contributed by atoms with van der Waals surface area (Å²) in [7, 11) is -1.56. The summed E-state index contributed by atoms with van der Waals surface area (Å²) < 4.78 is 81.6. The molecule has 3 aromatic carbocycles. The molecule has 9 aliphatic rings. The molecule has 0 unspecified atom stereocenters. The molecule has 3 saturated carbocycles. The third-order valence-corrected chi connectivity index (χ3v) is 22.4. The van der Waals surface area contributed by atoms with Crippen LogP contribution >= 0.6 is 55.9 Å². The van der Waals surface area contributed by atoms with Crippen LogP contribution in [0.1, 0.15) is 131 Å². The van der Waals surface area contributed by atoms with Gasteiger partial charge in [-0.05, 0) is 238 Å². The van der Waals surface area contributed by atoms with Gasteiger partial charge >= 0.3 is 0 Å². The number of alkyl halides is 2. The van der Waals surface area contributed by atoms with Crippen LogP contribution in [0.15, 0.2) is 54.6 Å². The third kappa shape index (κ3) is 17.9. The first-order valence-corrected chi connectivity index (χ1v) is 41.7. The summed E-state index contributed by atoms with van der Waals surface area (Å²) in [6.07, 6.45) is 21.2. The van der Waals surface area contributed by atoms with Crippen LogP contribution in [0.5, 0.6) is 17.2 Å². The Morgan fingerprint density at radius 2 is 0.859 bits per heavy atom. The van der Waals surface area contributed by atoms with Crippen molar-refractivity contribution in [2.75, 3.05) is 102 Å². The van der Waals surface area contributed by atoms with E-state index < -0.39 is 29.1 Å². The Bertz CT molecular complexity index is 3040. The molecule has 3 aliphatic heterocycles. The van der Waals surface area contributed by atoms with Gasteiger partial charge in [0.1, 0.15) is 17.2 Å². The van der Waals surface area contributed by atoms with E-state index in [1.54, 1.807) is 20.3 Å². The zero-order valence-corrected chi connectivity index (χ0v) is 59.9. The second kappa shape index (κ2) is 30.2. The van der Waals surface area contributed by atoms with E-state index in [1.165, 1.54) is 123 Å². The smallest absolute Gasteiger partial charge is 0.229 e. The molecule has 6 aliphatic carbocycles. The molecule has 0 amide bonds. The Hall–Kier alpha value is -1.58. The molecule has 480 valence electrons. The average Bonchev–Trinajstić information content (AvgIpc) is 2.04. The highest BCUT2D eigenvalue weighted by molar-refractivity contribution is 14.1. The Kier molecular flexibility index (Phi) is 25.2. The molecule has 15 nitrogen and oxygen atoms in total. The number of benzene rings is 3. The van der Waals surface area contributed by atoms with Crippen LogP contribution in [0.25, 0.3) is 0 Å². The number of nitrogens with two attached hydrogens (primary N) is 1. The molecule has 0 aromatic heterocycles. The van der Waals surface area contributed by atoms with E-state index in [0.717, 1.165) is 100 Å². The molecule has 3 aromatic rings. The van der Waals surface area contributed by atoms with Crippen LogP contribution < -0.4 is 24.7 Å². The number of methoxy groups -OCH3 is 2. The zero-order valence-electron chi connectivity index (χ0n) is 52.4. The summed E-state index contributed by atoms with van der Waals surface area (Å²) in [5, 5.41) is 10.1. The molecule has 0 radical (unpaired) electrons. The highest BCUT2D eigenvalue weighted by Gasteiger charge is 2.54. The Morgan fingerprint density at radius 1 is 0.553 bits per heavy atom. The van der Waals surface area contributed by atoms with Crippen molar-refractivity contribution in [3.63, 3.8) is 0 Å². The lowest BCUT2D eigenvalue weighted by Gasteiger charge is -2.56. The van der Waals surface area contributed by atoms with Gasteiger partial charge in [0.05, 0.1) is 33.0 Å². The molecule has 5 N–H and O–H groups in total. The third-order valence-electron chi connectivity index (χ3n) is 20.9. The van der Waals surface area contributed by atoms with E-state index in [1.807, 2.05) is 15.9 Å². The molecule has 21 heteroatoms. The fourth-order valence-corrected chi connectivity index (χ4v) is 17.0. The topological polar surface area (TPSA) is 201 Å². The van der Waals surface area contributed by atoms with E-state index in [2.05, 4.69) is 143 Å². The highest BCUT2D eigenvalue weighted by Crippen LogP contribution is 2.55. The van der Waals surface area contributed by atoms with Crippen molar-refractivity contribution in [2.45, 2.75) is 151 Å². The van der Waals surface area contributed by atoms with Gasteiger partial charge < -0.3 is 20.3 Å². The minimum atomic E-state index is -3.19. The number of hydrogen-bond acceptors (Lipinski definition) is 13. The first kappa shape index (κ1) is 70.9. The number of likely N-dealkylation sites (tertiary alicyclic amines) is 3. The lowest BCUT2D eigenvalue weighted by molar-refractivity contribution is 0.0164. The number of sulfonamides is 2. The van der Waals surface area contributed by atoms with Gasteiger partial charge in [-0.1, -0.05) is 84.2 Å². The first-order valence-electron chi connectivity index (χ1n) is 30.9. The normalized spacial score (nSPS) is 29.3. The zero-order chi connectivity index (χ0) is 62.3. The van der Waals surface area contributed by atoms with E-state index >= 15 is 0 Å². The van der Waals surface area contributed by atoms with Crippen molar-refractivity contribution < 1.29 is 39.8 Å². The predicted molar refractivity (Wildman–Crippen MR) is 365 cm³/mol. The molecule has 6 fully saturated rings. The number of nitrogens with zero attached hydrogens (tertiary/aromatic N) is 3. The maximum Gasteiger partial charge on any atom is 0.229 e. The van der Waals surface area contributed by atoms with Crippen LogP contribution in [-0.4, -0.2) is 165 Å². The van der Waals surface area contributed by atoms with Crippen molar-refractivity contribution in [3.05, 3.63) is 88.0 Å². The van der Waals surface area contributed by atoms with Gasteiger partial charge in [-0.25, -0.2) is 34.7 Å². The molecular formula is C64H101ClI2N6O9S3. The van der Waals surface area contributed by atoms with E-state index in [9.17, 15) is 30.4 Å². The van der Waals surface area contributed by atoms with Crippen molar-refractivity contribution in [1.82, 2.24) is 24.1 Å². The highest BCUT2D eigenvalue weighted by atomic mass is 127. The molecule has 12 rings (SSSR count). The van der Waals surface area contributed by atoms with Gasteiger partial charge in [0.25, 0.3) is 0 Å². The molecule has 6 bridgehead atoms. The minimum absolute atomic E-state index is 0.0184. The molecule has 3 heterocycles. The molecule has 85 heavy (non-hydrogen) atoms. The number of aromatic hydroxyl groups is 1. The standard InChI is InChI=1S/C21H32N2O3S.C20H30N2O3S.C20H30N2O.CH3ClO2S.2CH3I/c1-15-20-12-17-6-7-18(26-2)13-19(17)21(15,8-10-22-27(3,24)25)9-11-23(20)14-16-4-5-16;1-14-19-11-16-5-6-17(23)12-18(16)20(14,7-9-21-26(2,24)25)8-10-22(19)13-15-3-4-15;1-14-19-11-16-5-6-17(23-2)12-18(16)20(14,7-9-21)8-10-22(19)13-15-3-4-15;1-5(2,3)4;2*1-2/h6-7,13,15-16,20,22H,4-5,8-12,14H2,1-3H3;5-6,12,14-15,19,21,23H,3-4,7-11,13H2,1-2H3;5-6,12,14-15,19H,3-4,7-11,13,21H2,1-2H3;1H3;2*1H3/t15-,20+,21-;2*14-,19+,20-;;;/m000.../s1. The van der Waals surface area contributed by atoms with Crippen LogP contribution in [-0.2, 0) is 64.6 Å². The quantitative estimate of drug-likeness (QED) is 0.0533. The largest absolute Gasteiger partial charge is 0.508 e. The lowest BCUT2D eigenvalue weighted by atomic mass is 9.56. The maximum atomic E-state index is 11.6. The van der Waals surface area contributed by atoms with Gasteiger partial charge in [-0.2, -0.15) is 0 Å². The number of rotatable bonds is 18. The second-order valence-electron chi connectivity index (χ2n) is 26.2. The number of nitrogens with one attached hydrogen (secondary N) is 2. The maximum absolute atomic E-state index is 11.6. The predicted octanol–water partition coefficient (Wildman–Crippen LogP) is 10.0. The van der Waals surface area contributed by atoms with Crippen LogP contribution in [0, 0.1) is 35.5 Å². The first-order chi connectivity index (χ1) is 40.3. The summed E-state index contributed by atoms with van der Waals surface area (Å²) in [5.74, 6) is 6.58. The average molecular weight is 1480 g/mol. The number of phenolic OH excluding ortho intramolecular Hbond substituents is 1.